The second-order valence-electron chi connectivity index (χ2n) is 4.15. The molecule has 3 rings (SSSR count). The molecule has 16 heavy (non-hydrogen) atoms. The fourth-order valence-corrected chi connectivity index (χ4v) is 1.85. The van der Waals surface area contributed by atoms with Gasteiger partial charge in [-0.3, -0.25) is 4.98 Å². The highest BCUT2D eigenvalue weighted by Gasteiger charge is 2.16. The van der Waals surface area contributed by atoms with Crippen LogP contribution in [0.4, 0.5) is 0 Å². The lowest BCUT2D eigenvalue weighted by molar-refractivity contribution is -0.00578. The van der Waals surface area contributed by atoms with Gasteiger partial charge < -0.3 is 10.1 Å². The molecule has 0 aliphatic carbocycles. The predicted molar refractivity (Wildman–Crippen MR) is 63.2 cm³/mol. The van der Waals surface area contributed by atoms with Crippen molar-refractivity contribution in [2.24, 2.45) is 0 Å². The number of aromatic nitrogens is 1. The van der Waals surface area contributed by atoms with Crippen molar-refractivity contribution in [3.05, 3.63) is 42.1 Å². The van der Waals surface area contributed by atoms with Gasteiger partial charge in [-0.15, -0.1) is 0 Å². The van der Waals surface area contributed by atoms with Crippen LogP contribution in [0.3, 0.4) is 0 Å². The summed E-state index contributed by atoms with van der Waals surface area (Å²) in [4.78, 5) is 4.30. The van der Waals surface area contributed by atoms with E-state index in [0.717, 1.165) is 25.3 Å². The first-order chi connectivity index (χ1) is 7.92. The quantitative estimate of drug-likeness (QED) is 0.844. The second kappa shape index (κ2) is 4.20. The number of pyridine rings is 1. The Morgan fingerprint density at radius 2 is 2.25 bits per heavy atom. The maximum absolute atomic E-state index is 5.12. The van der Waals surface area contributed by atoms with Crippen LogP contribution in [0.1, 0.15) is 5.56 Å². The monoisotopic (exact) mass is 214 g/mol. The van der Waals surface area contributed by atoms with Crippen molar-refractivity contribution in [1.82, 2.24) is 10.3 Å². The van der Waals surface area contributed by atoms with Gasteiger partial charge in [-0.25, -0.2) is 0 Å². The van der Waals surface area contributed by atoms with E-state index in [9.17, 15) is 0 Å². The molecule has 0 bridgehead atoms. The van der Waals surface area contributed by atoms with Crippen LogP contribution in [-0.4, -0.2) is 24.2 Å². The van der Waals surface area contributed by atoms with E-state index in [1.165, 1.54) is 10.9 Å². The number of ether oxygens (including phenoxy) is 1. The molecular weight excluding hydrogens is 200 g/mol. The first-order valence-corrected chi connectivity index (χ1v) is 5.56. The number of hydrogen-bond acceptors (Lipinski definition) is 3. The van der Waals surface area contributed by atoms with Crippen molar-refractivity contribution in [2.75, 3.05) is 13.2 Å². The zero-order chi connectivity index (χ0) is 10.8. The van der Waals surface area contributed by atoms with E-state index in [1.807, 2.05) is 12.3 Å². The van der Waals surface area contributed by atoms with Crippen molar-refractivity contribution in [1.29, 1.82) is 0 Å². The average molecular weight is 214 g/mol. The average Bonchev–Trinajstić information content (AvgIpc) is 2.27. The molecule has 1 aromatic carbocycles. The Labute approximate surface area is 94.5 Å². The van der Waals surface area contributed by atoms with Gasteiger partial charge in [-0.1, -0.05) is 12.1 Å². The maximum atomic E-state index is 5.12. The maximum Gasteiger partial charge on any atom is 0.0702 e. The molecule has 0 unspecified atom stereocenters. The molecule has 1 aliphatic heterocycles. The molecule has 0 atom stereocenters. The molecule has 1 N–H and O–H groups in total. The zero-order valence-electron chi connectivity index (χ0n) is 9.02. The third-order valence-corrected chi connectivity index (χ3v) is 2.90. The van der Waals surface area contributed by atoms with Crippen LogP contribution in [0.2, 0.25) is 0 Å². The molecule has 1 fully saturated rings. The van der Waals surface area contributed by atoms with Crippen LogP contribution < -0.4 is 5.32 Å². The summed E-state index contributed by atoms with van der Waals surface area (Å²) < 4.78 is 5.12. The first-order valence-electron chi connectivity index (χ1n) is 5.56. The number of hydrogen-bond donors (Lipinski definition) is 1. The van der Waals surface area contributed by atoms with Crippen molar-refractivity contribution in [2.45, 2.75) is 12.6 Å². The van der Waals surface area contributed by atoms with Crippen LogP contribution in [0.15, 0.2) is 36.5 Å². The van der Waals surface area contributed by atoms with Crippen LogP contribution in [-0.2, 0) is 11.3 Å². The smallest absolute Gasteiger partial charge is 0.0702 e. The molecule has 1 aromatic heterocycles. The third-order valence-electron chi connectivity index (χ3n) is 2.90. The largest absolute Gasteiger partial charge is 0.378 e. The van der Waals surface area contributed by atoms with Gasteiger partial charge in [-0.05, 0) is 23.8 Å². The van der Waals surface area contributed by atoms with Gasteiger partial charge in [0.25, 0.3) is 0 Å². The summed E-state index contributed by atoms with van der Waals surface area (Å²) in [6.07, 6.45) is 1.83. The number of benzene rings is 1. The zero-order valence-corrected chi connectivity index (χ0v) is 9.02. The SMILES string of the molecule is c1cnc2ccc(CNC3COC3)cc2c1. The van der Waals surface area contributed by atoms with Gasteiger partial charge in [0.05, 0.1) is 24.8 Å². The van der Waals surface area contributed by atoms with Crippen molar-refractivity contribution in [3.8, 4) is 0 Å². The molecule has 3 heteroatoms. The lowest BCUT2D eigenvalue weighted by Gasteiger charge is -2.27. The van der Waals surface area contributed by atoms with E-state index in [-0.39, 0.29) is 0 Å². The minimum Gasteiger partial charge on any atom is -0.378 e. The van der Waals surface area contributed by atoms with Gasteiger partial charge in [0, 0.05) is 18.1 Å². The molecule has 0 saturated carbocycles. The Morgan fingerprint density at radius 3 is 3.06 bits per heavy atom. The highest BCUT2D eigenvalue weighted by atomic mass is 16.5. The first kappa shape index (κ1) is 9.75. The summed E-state index contributed by atoms with van der Waals surface area (Å²) in [5.74, 6) is 0. The molecule has 0 amide bonds. The molecule has 0 spiro atoms. The van der Waals surface area contributed by atoms with E-state index in [0.29, 0.717) is 6.04 Å². The summed E-state index contributed by atoms with van der Waals surface area (Å²) in [5.41, 5.74) is 2.35. The second-order valence-corrected chi connectivity index (χ2v) is 4.15. The van der Waals surface area contributed by atoms with Crippen molar-refractivity contribution < 1.29 is 4.74 Å². The Hall–Kier alpha value is -1.45. The predicted octanol–water partition coefficient (Wildman–Crippen LogP) is 1.72. The Balaban J connectivity index is 1.76. The highest BCUT2D eigenvalue weighted by molar-refractivity contribution is 5.78. The van der Waals surface area contributed by atoms with Gasteiger partial charge in [0.15, 0.2) is 0 Å². The fraction of sp³-hybridized carbons (Fsp3) is 0.308. The van der Waals surface area contributed by atoms with Gasteiger partial charge in [-0.2, -0.15) is 0 Å². The summed E-state index contributed by atoms with van der Waals surface area (Å²) >= 11 is 0. The normalized spacial score (nSPS) is 16.2. The Morgan fingerprint density at radius 1 is 1.31 bits per heavy atom. The van der Waals surface area contributed by atoms with Crippen LogP contribution in [0.25, 0.3) is 10.9 Å². The van der Waals surface area contributed by atoms with Crippen LogP contribution in [0, 0.1) is 0 Å². The molecule has 82 valence electrons. The standard InChI is InChI=1S/C13H14N2O/c1-2-11-6-10(3-4-13(11)14-5-1)7-15-12-8-16-9-12/h1-6,12,15H,7-9H2. The lowest BCUT2D eigenvalue weighted by Crippen LogP contribution is -2.45. The Bertz CT molecular complexity index is 494. The molecule has 1 saturated heterocycles. The molecule has 3 nitrogen and oxygen atoms in total. The van der Waals surface area contributed by atoms with Gasteiger partial charge in [0.2, 0.25) is 0 Å². The van der Waals surface area contributed by atoms with E-state index < -0.39 is 0 Å². The molecule has 2 aromatic rings. The fourth-order valence-electron chi connectivity index (χ4n) is 1.85. The Kier molecular flexibility index (Phi) is 2.56. The third kappa shape index (κ3) is 1.92. The number of nitrogens with one attached hydrogen (secondary N) is 1. The summed E-state index contributed by atoms with van der Waals surface area (Å²) in [6, 6.07) is 11.0. The molecule has 1 aliphatic rings. The molecular formula is C13H14N2O. The van der Waals surface area contributed by atoms with Crippen LogP contribution >= 0.6 is 0 Å². The summed E-state index contributed by atoms with van der Waals surface area (Å²) in [6.45, 7) is 2.59. The van der Waals surface area contributed by atoms with Gasteiger partial charge >= 0.3 is 0 Å². The molecule has 0 radical (unpaired) electrons. The van der Waals surface area contributed by atoms with E-state index >= 15 is 0 Å². The number of fused-ring (bicyclic) bond motifs is 1. The summed E-state index contributed by atoms with van der Waals surface area (Å²) in [7, 11) is 0. The number of nitrogens with zero attached hydrogens (tertiary/aromatic N) is 1. The van der Waals surface area contributed by atoms with E-state index in [2.05, 4.69) is 34.6 Å². The lowest BCUT2D eigenvalue weighted by atomic mass is 10.1. The minimum absolute atomic E-state index is 0.532. The molecule has 2 heterocycles. The van der Waals surface area contributed by atoms with Crippen LogP contribution in [0.5, 0.6) is 0 Å². The van der Waals surface area contributed by atoms with Gasteiger partial charge in [0.1, 0.15) is 0 Å². The topological polar surface area (TPSA) is 34.2 Å². The van der Waals surface area contributed by atoms with E-state index in [4.69, 9.17) is 4.74 Å². The number of rotatable bonds is 3. The van der Waals surface area contributed by atoms with Crippen molar-refractivity contribution in [3.63, 3.8) is 0 Å². The van der Waals surface area contributed by atoms with E-state index in [1.54, 1.807) is 0 Å². The summed E-state index contributed by atoms with van der Waals surface area (Å²) in [5, 5.41) is 4.66. The minimum atomic E-state index is 0.532. The highest BCUT2D eigenvalue weighted by Crippen LogP contribution is 2.13. The van der Waals surface area contributed by atoms with Crippen molar-refractivity contribution >= 4 is 10.9 Å².